The summed E-state index contributed by atoms with van der Waals surface area (Å²) < 4.78 is 0. The number of nitrogens with zero attached hydrogens (tertiary/aromatic N) is 3. The lowest BCUT2D eigenvalue weighted by atomic mass is 9.83. The Labute approximate surface area is 142 Å². The van der Waals surface area contributed by atoms with Gasteiger partial charge in [0.2, 0.25) is 5.91 Å². The molecule has 24 heavy (non-hydrogen) atoms. The Kier molecular flexibility index (Phi) is 4.90. The summed E-state index contributed by atoms with van der Waals surface area (Å²) in [7, 11) is 1.77. The van der Waals surface area contributed by atoms with Crippen LogP contribution in [0, 0.1) is 5.92 Å². The Morgan fingerprint density at radius 3 is 3.00 bits per heavy atom. The molecule has 1 aliphatic heterocycles. The van der Waals surface area contributed by atoms with E-state index in [0.29, 0.717) is 18.4 Å². The maximum Gasteiger partial charge on any atom is 0.231 e. The van der Waals surface area contributed by atoms with Gasteiger partial charge in [-0.15, -0.1) is 0 Å². The molecule has 5 nitrogen and oxygen atoms in total. The van der Waals surface area contributed by atoms with Crippen LogP contribution in [0.3, 0.4) is 0 Å². The third-order valence-electron chi connectivity index (χ3n) is 4.66. The van der Waals surface area contributed by atoms with Gasteiger partial charge in [0.25, 0.3) is 0 Å². The molecule has 5 heteroatoms. The van der Waals surface area contributed by atoms with E-state index in [2.05, 4.69) is 40.0 Å². The number of piperidine rings is 1. The van der Waals surface area contributed by atoms with Crippen molar-refractivity contribution in [2.24, 2.45) is 16.6 Å². The van der Waals surface area contributed by atoms with Crippen molar-refractivity contribution in [3.8, 4) is 0 Å². The number of fused-ring (bicyclic) bond motifs is 1. The fourth-order valence-electron chi connectivity index (χ4n) is 3.85. The van der Waals surface area contributed by atoms with Crippen LogP contribution in [0.1, 0.15) is 30.4 Å². The van der Waals surface area contributed by atoms with Crippen molar-refractivity contribution in [3.05, 3.63) is 41.6 Å². The highest BCUT2D eigenvalue weighted by Gasteiger charge is 2.27. The van der Waals surface area contributed by atoms with Gasteiger partial charge in [-0.3, -0.25) is 19.7 Å². The first kappa shape index (κ1) is 16.6. The molecule has 1 amide bonds. The molecule has 3 rings (SSSR count). The first-order chi connectivity index (χ1) is 11.6. The summed E-state index contributed by atoms with van der Waals surface area (Å²) in [5, 5.41) is 1.17. The van der Waals surface area contributed by atoms with Crippen LogP contribution >= 0.6 is 0 Å². The molecule has 1 aliphatic rings. The van der Waals surface area contributed by atoms with E-state index < -0.39 is 0 Å². The minimum Gasteiger partial charge on any atom is -0.369 e. The van der Waals surface area contributed by atoms with Crippen LogP contribution in [0.25, 0.3) is 10.9 Å². The van der Waals surface area contributed by atoms with E-state index in [1.165, 1.54) is 10.9 Å². The second-order valence-electron chi connectivity index (χ2n) is 6.73. The smallest absolute Gasteiger partial charge is 0.231 e. The lowest BCUT2D eigenvalue weighted by molar-refractivity contribution is -0.119. The van der Waals surface area contributed by atoms with E-state index in [-0.39, 0.29) is 5.91 Å². The van der Waals surface area contributed by atoms with E-state index in [1.807, 2.05) is 18.5 Å². The first-order valence-corrected chi connectivity index (χ1v) is 8.39. The zero-order valence-corrected chi connectivity index (χ0v) is 14.3. The fraction of sp³-hybridized carbons (Fsp3) is 0.421. The minimum atomic E-state index is -0.260. The van der Waals surface area contributed by atoms with Gasteiger partial charge in [0, 0.05) is 43.5 Å². The third-order valence-corrected chi connectivity index (χ3v) is 4.66. The molecular weight excluding hydrogens is 300 g/mol. The summed E-state index contributed by atoms with van der Waals surface area (Å²) in [6.07, 6.45) is 4.78. The Morgan fingerprint density at radius 2 is 2.25 bits per heavy atom. The average molecular weight is 324 g/mol. The average Bonchev–Trinajstić information content (AvgIpc) is 2.54. The van der Waals surface area contributed by atoms with Gasteiger partial charge in [0.05, 0.1) is 12.1 Å². The number of nitrogens with two attached hydrogens (primary N) is 1. The van der Waals surface area contributed by atoms with Crippen molar-refractivity contribution < 1.29 is 4.79 Å². The van der Waals surface area contributed by atoms with Crippen molar-refractivity contribution in [2.75, 3.05) is 26.7 Å². The molecular formula is C19H24N4O. The predicted octanol–water partition coefficient (Wildman–Crippen LogP) is 2.19. The number of benzene rings is 1. The van der Waals surface area contributed by atoms with Gasteiger partial charge in [0.1, 0.15) is 0 Å². The number of pyridine rings is 1. The van der Waals surface area contributed by atoms with Gasteiger partial charge in [0.15, 0.2) is 0 Å². The summed E-state index contributed by atoms with van der Waals surface area (Å²) in [5.41, 5.74) is 8.71. The molecule has 0 radical (unpaired) electrons. The number of amides is 1. The molecule has 0 saturated carbocycles. The van der Waals surface area contributed by atoms with Crippen LogP contribution in [0.15, 0.2) is 35.5 Å². The maximum atomic E-state index is 11.3. The number of aromatic nitrogens is 1. The van der Waals surface area contributed by atoms with Gasteiger partial charge in [-0.1, -0.05) is 25.1 Å². The van der Waals surface area contributed by atoms with Gasteiger partial charge < -0.3 is 5.73 Å². The quantitative estimate of drug-likeness (QED) is 0.876. The number of likely N-dealkylation sites (tertiary alicyclic amines) is 1. The molecule has 2 atom stereocenters. The second-order valence-corrected chi connectivity index (χ2v) is 6.73. The number of rotatable bonds is 4. The number of primary amides is 1. The SMILES string of the molecule is C/N=C/c1ccc([C@H]2C[C@H](C)CN(CC(N)=O)C2)c2cccnc12. The summed E-state index contributed by atoms with van der Waals surface area (Å²) >= 11 is 0. The van der Waals surface area contributed by atoms with Crippen LogP contribution in [0.5, 0.6) is 0 Å². The molecule has 2 aromatic rings. The largest absolute Gasteiger partial charge is 0.369 e. The first-order valence-electron chi connectivity index (χ1n) is 8.39. The van der Waals surface area contributed by atoms with Crippen LogP contribution in [-0.2, 0) is 4.79 Å². The Morgan fingerprint density at radius 1 is 1.42 bits per heavy atom. The molecule has 0 unspecified atom stereocenters. The third kappa shape index (κ3) is 3.46. The Balaban J connectivity index is 1.99. The highest BCUT2D eigenvalue weighted by atomic mass is 16.1. The maximum absolute atomic E-state index is 11.3. The lowest BCUT2D eigenvalue weighted by Crippen LogP contribution is -2.43. The highest BCUT2D eigenvalue weighted by Crippen LogP contribution is 2.34. The molecule has 1 aromatic carbocycles. The van der Waals surface area contributed by atoms with Crippen LogP contribution in [0.4, 0.5) is 0 Å². The molecule has 0 bridgehead atoms. The van der Waals surface area contributed by atoms with E-state index in [0.717, 1.165) is 30.6 Å². The van der Waals surface area contributed by atoms with Crippen molar-refractivity contribution in [3.63, 3.8) is 0 Å². The Bertz CT molecular complexity index is 771. The van der Waals surface area contributed by atoms with Crippen molar-refractivity contribution >= 4 is 23.0 Å². The van der Waals surface area contributed by atoms with E-state index >= 15 is 0 Å². The highest BCUT2D eigenvalue weighted by molar-refractivity contribution is 5.98. The monoisotopic (exact) mass is 324 g/mol. The molecule has 2 N–H and O–H groups in total. The molecule has 1 aromatic heterocycles. The fourth-order valence-corrected chi connectivity index (χ4v) is 3.85. The van der Waals surface area contributed by atoms with Crippen LogP contribution in [0.2, 0.25) is 0 Å². The molecule has 1 fully saturated rings. The predicted molar refractivity (Wildman–Crippen MR) is 97.4 cm³/mol. The number of carbonyl (C=O) groups is 1. The summed E-state index contributed by atoms with van der Waals surface area (Å²) in [6, 6.07) is 8.38. The van der Waals surface area contributed by atoms with E-state index in [9.17, 15) is 4.79 Å². The van der Waals surface area contributed by atoms with Crippen LogP contribution in [-0.4, -0.2) is 48.7 Å². The molecule has 1 saturated heterocycles. The van der Waals surface area contributed by atoms with Crippen molar-refractivity contribution in [1.82, 2.24) is 9.88 Å². The minimum absolute atomic E-state index is 0.260. The zero-order valence-electron chi connectivity index (χ0n) is 14.3. The van der Waals surface area contributed by atoms with Gasteiger partial charge in [-0.2, -0.15) is 0 Å². The van der Waals surface area contributed by atoms with Gasteiger partial charge in [-0.25, -0.2) is 0 Å². The molecule has 126 valence electrons. The van der Waals surface area contributed by atoms with Crippen molar-refractivity contribution in [1.29, 1.82) is 0 Å². The van der Waals surface area contributed by atoms with E-state index in [4.69, 9.17) is 5.73 Å². The summed E-state index contributed by atoms with van der Waals surface area (Å²) in [4.78, 5) is 22.2. The zero-order chi connectivity index (χ0) is 17.1. The van der Waals surface area contributed by atoms with Crippen LogP contribution < -0.4 is 5.73 Å². The molecule has 0 spiro atoms. The standard InChI is InChI=1S/C19H24N4O/c1-13-8-15(11-23(10-13)12-18(20)24)16-6-5-14(9-21-2)19-17(16)4-3-7-22-19/h3-7,9,13,15H,8,10-12H2,1-2H3,(H2,20,24)/b21-9+/t13-,15-/m0/s1. The lowest BCUT2D eigenvalue weighted by Gasteiger charge is -2.36. The number of hydrogen-bond acceptors (Lipinski definition) is 4. The normalized spacial score (nSPS) is 22.2. The van der Waals surface area contributed by atoms with Gasteiger partial charge in [-0.05, 0) is 29.9 Å². The van der Waals surface area contributed by atoms with E-state index in [1.54, 1.807) is 7.05 Å². The number of aliphatic imine (C=N–C) groups is 1. The topological polar surface area (TPSA) is 71.6 Å². The number of carbonyl (C=O) groups excluding carboxylic acids is 1. The summed E-state index contributed by atoms with van der Waals surface area (Å²) in [6.45, 7) is 4.35. The Hall–Kier alpha value is -2.27. The summed E-state index contributed by atoms with van der Waals surface area (Å²) in [5.74, 6) is 0.656. The van der Waals surface area contributed by atoms with Gasteiger partial charge >= 0.3 is 0 Å². The second kappa shape index (κ2) is 7.09. The van der Waals surface area contributed by atoms with Crippen molar-refractivity contribution in [2.45, 2.75) is 19.3 Å². The molecule has 2 heterocycles. The number of hydrogen-bond donors (Lipinski definition) is 1. The molecule has 0 aliphatic carbocycles.